The lowest BCUT2D eigenvalue weighted by molar-refractivity contribution is -0.122. The van der Waals surface area contributed by atoms with Gasteiger partial charge in [-0.25, -0.2) is 8.42 Å². The summed E-state index contributed by atoms with van der Waals surface area (Å²) in [5.74, 6) is -0.388. The molecule has 1 aromatic rings. The van der Waals surface area contributed by atoms with Crippen molar-refractivity contribution in [1.29, 1.82) is 0 Å². The largest absolute Gasteiger partial charge is 0.383 e. The minimum Gasteiger partial charge on any atom is -0.383 e. The van der Waals surface area contributed by atoms with E-state index >= 15 is 0 Å². The average molecular weight is 370 g/mol. The number of aryl methyl sites for hydroxylation is 1. The molecule has 1 amide bonds. The van der Waals surface area contributed by atoms with Crippen molar-refractivity contribution in [3.05, 3.63) is 12.4 Å². The summed E-state index contributed by atoms with van der Waals surface area (Å²) in [6.45, 7) is 3.76. The van der Waals surface area contributed by atoms with Crippen molar-refractivity contribution < 1.29 is 17.9 Å². The predicted molar refractivity (Wildman–Crippen MR) is 88.0 cm³/mol. The number of methoxy groups -OCH3 is 1. The number of halogens is 1. The molecule has 0 radical (unpaired) electrons. The number of carbonyl (C=O) groups is 1. The van der Waals surface area contributed by atoms with E-state index in [0.717, 1.165) is 0 Å². The summed E-state index contributed by atoms with van der Waals surface area (Å²) < 4.78 is 32.6. The lowest BCUT2D eigenvalue weighted by atomic mass is 10.3. The van der Waals surface area contributed by atoms with E-state index in [-0.39, 0.29) is 23.2 Å². The number of sulfonamides is 1. The fraction of sp³-hybridized carbons (Fsp3) is 0.667. The Labute approximate surface area is 142 Å². The van der Waals surface area contributed by atoms with Gasteiger partial charge >= 0.3 is 0 Å². The monoisotopic (exact) mass is 369 g/mol. The van der Waals surface area contributed by atoms with E-state index in [2.05, 4.69) is 20.5 Å². The van der Waals surface area contributed by atoms with E-state index < -0.39 is 16.1 Å². The molecule has 0 saturated heterocycles. The highest BCUT2D eigenvalue weighted by atomic mass is 35.5. The van der Waals surface area contributed by atoms with Crippen LogP contribution in [0, 0.1) is 0 Å². The minimum absolute atomic E-state index is 0. The number of hydrogen-bond acceptors (Lipinski definition) is 6. The van der Waals surface area contributed by atoms with Crippen LogP contribution >= 0.6 is 12.4 Å². The van der Waals surface area contributed by atoms with Gasteiger partial charge < -0.3 is 15.4 Å². The van der Waals surface area contributed by atoms with Gasteiger partial charge in [0.25, 0.3) is 0 Å². The lowest BCUT2D eigenvalue weighted by Gasteiger charge is -2.14. The smallest absolute Gasteiger partial charge is 0.244 e. The third-order valence-corrected chi connectivity index (χ3v) is 4.30. The number of nitrogens with zero attached hydrogens (tertiary/aromatic N) is 2. The summed E-state index contributed by atoms with van der Waals surface area (Å²) in [5.41, 5.74) is 0. The summed E-state index contributed by atoms with van der Waals surface area (Å²) in [5, 5.41) is 9.52. The first-order valence-electron chi connectivity index (χ1n) is 6.85. The van der Waals surface area contributed by atoms with Gasteiger partial charge in [0.2, 0.25) is 15.9 Å². The Hall–Kier alpha value is -1.20. The Balaban J connectivity index is 0.00000484. The normalized spacial score (nSPS) is 12.5. The van der Waals surface area contributed by atoms with Crippen LogP contribution in [0.1, 0.15) is 6.92 Å². The van der Waals surface area contributed by atoms with Crippen LogP contribution in [-0.2, 0) is 26.6 Å². The van der Waals surface area contributed by atoms with Crippen molar-refractivity contribution in [2.75, 3.05) is 33.4 Å². The number of hydrogen-bond donors (Lipinski definition) is 3. The Morgan fingerprint density at radius 2 is 2.09 bits per heavy atom. The van der Waals surface area contributed by atoms with Crippen LogP contribution in [-0.4, -0.2) is 63.5 Å². The summed E-state index contributed by atoms with van der Waals surface area (Å²) >= 11 is 0. The van der Waals surface area contributed by atoms with Crippen LogP contribution in [0.25, 0.3) is 0 Å². The van der Waals surface area contributed by atoms with Gasteiger partial charge in [0.15, 0.2) is 0 Å². The first-order valence-corrected chi connectivity index (χ1v) is 8.33. The van der Waals surface area contributed by atoms with E-state index in [0.29, 0.717) is 26.2 Å². The number of aromatic nitrogens is 2. The molecular weight excluding hydrogens is 346 g/mol. The zero-order valence-electron chi connectivity index (χ0n) is 13.4. The number of carbonyl (C=O) groups excluding carboxylic acids is 1. The number of amides is 1. The van der Waals surface area contributed by atoms with Crippen molar-refractivity contribution in [2.45, 2.75) is 17.9 Å². The fourth-order valence-electron chi connectivity index (χ4n) is 1.62. The summed E-state index contributed by atoms with van der Waals surface area (Å²) in [6.07, 6.45) is 2.60. The number of ether oxygens (including phenoxy) is 1. The molecule has 0 aliphatic heterocycles. The van der Waals surface area contributed by atoms with Crippen molar-refractivity contribution in [3.63, 3.8) is 0 Å². The number of nitrogens with one attached hydrogen (secondary N) is 3. The maximum atomic E-state index is 12.0. The minimum atomic E-state index is -3.75. The molecule has 1 atom stereocenters. The molecule has 0 aliphatic rings. The van der Waals surface area contributed by atoms with E-state index in [1.54, 1.807) is 14.2 Å². The van der Waals surface area contributed by atoms with E-state index in [1.807, 2.05) is 0 Å². The molecule has 9 nitrogen and oxygen atoms in total. The molecule has 1 rings (SSSR count). The molecule has 0 bridgehead atoms. The summed E-state index contributed by atoms with van der Waals surface area (Å²) in [4.78, 5) is 11.9. The highest BCUT2D eigenvalue weighted by Crippen LogP contribution is 2.06. The van der Waals surface area contributed by atoms with Crippen LogP contribution in [0.2, 0.25) is 0 Å². The van der Waals surface area contributed by atoms with Crippen molar-refractivity contribution in [2.24, 2.45) is 7.05 Å². The molecule has 0 saturated carbocycles. The molecule has 0 fully saturated rings. The molecule has 1 unspecified atom stereocenters. The van der Waals surface area contributed by atoms with Gasteiger partial charge in [-0.3, -0.25) is 9.48 Å². The second-order valence-electron chi connectivity index (χ2n) is 4.73. The third kappa shape index (κ3) is 7.75. The molecule has 3 N–H and O–H groups in total. The quantitative estimate of drug-likeness (QED) is 0.449. The molecule has 134 valence electrons. The maximum absolute atomic E-state index is 12.0. The van der Waals surface area contributed by atoms with Crippen molar-refractivity contribution >= 4 is 28.3 Å². The molecule has 1 heterocycles. The first kappa shape index (κ1) is 21.8. The Kier molecular flexibility index (Phi) is 10.0. The van der Waals surface area contributed by atoms with Gasteiger partial charge in [0.05, 0.1) is 18.8 Å². The molecule has 23 heavy (non-hydrogen) atoms. The maximum Gasteiger partial charge on any atom is 0.244 e. The summed E-state index contributed by atoms with van der Waals surface area (Å²) in [7, 11) is -0.525. The molecule has 11 heteroatoms. The van der Waals surface area contributed by atoms with Crippen LogP contribution in [0.4, 0.5) is 0 Å². The Morgan fingerprint density at radius 3 is 2.65 bits per heavy atom. The highest BCUT2D eigenvalue weighted by molar-refractivity contribution is 7.89. The van der Waals surface area contributed by atoms with Gasteiger partial charge in [-0.2, -0.15) is 9.82 Å². The van der Waals surface area contributed by atoms with Crippen LogP contribution < -0.4 is 15.4 Å². The van der Waals surface area contributed by atoms with Crippen molar-refractivity contribution in [1.82, 2.24) is 25.1 Å². The second-order valence-corrected chi connectivity index (χ2v) is 6.44. The van der Waals surface area contributed by atoms with Crippen LogP contribution in [0.3, 0.4) is 0 Å². The molecule has 0 aromatic carbocycles. The van der Waals surface area contributed by atoms with Gasteiger partial charge in [0.1, 0.15) is 4.90 Å². The van der Waals surface area contributed by atoms with E-state index in [9.17, 15) is 13.2 Å². The third-order valence-electron chi connectivity index (χ3n) is 2.80. The van der Waals surface area contributed by atoms with Gasteiger partial charge in [0, 0.05) is 40.0 Å². The van der Waals surface area contributed by atoms with Gasteiger partial charge in [-0.05, 0) is 6.92 Å². The Bertz CT molecular complexity index is 578. The van der Waals surface area contributed by atoms with E-state index in [4.69, 9.17) is 4.74 Å². The fourth-order valence-corrected chi connectivity index (χ4v) is 2.80. The average Bonchev–Trinajstić information content (AvgIpc) is 2.89. The molecular formula is C12H24ClN5O4S. The molecule has 0 aliphatic carbocycles. The predicted octanol–water partition coefficient (Wildman–Crippen LogP) is -1.14. The Morgan fingerprint density at radius 1 is 1.39 bits per heavy atom. The van der Waals surface area contributed by atoms with Crippen LogP contribution in [0.5, 0.6) is 0 Å². The second kappa shape index (κ2) is 10.6. The standard InChI is InChI=1S/C12H23N5O4S.ClH/c1-10(12(18)14-5-4-13-6-7-21-3)16-22(19,20)11-8-15-17(2)9-11;/h8-10,13,16H,4-7H2,1-3H3,(H,14,18);1H. The first-order chi connectivity index (χ1) is 10.4. The van der Waals surface area contributed by atoms with Gasteiger partial charge in [-0.1, -0.05) is 0 Å². The van der Waals surface area contributed by atoms with Crippen LogP contribution in [0.15, 0.2) is 17.3 Å². The van der Waals surface area contributed by atoms with Gasteiger partial charge in [-0.15, -0.1) is 12.4 Å². The zero-order valence-corrected chi connectivity index (χ0v) is 15.0. The highest BCUT2D eigenvalue weighted by Gasteiger charge is 2.22. The molecule has 1 aromatic heterocycles. The van der Waals surface area contributed by atoms with E-state index in [1.165, 1.54) is 24.0 Å². The lowest BCUT2D eigenvalue weighted by Crippen LogP contribution is -2.46. The topological polar surface area (TPSA) is 114 Å². The van der Waals surface area contributed by atoms with Crippen molar-refractivity contribution in [3.8, 4) is 0 Å². The zero-order chi connectivity index (χ0) is 16.6. The number of rotatable bonds is 10. The molecule has 0 spiro atoms. The summed E-state index contributed by atoms with van der Waals surface area (Å²) in [6, 6.07) is -0.871. The SMILES string of the molecule is COCCNCCNC(=O)C(C)NS(=O)(=O)c1cnn(C)c1.Cl.